The molecule has 1 aromatic carbocycles. The quantitative estimate of drug-likeness (QED) is 0.616. The lowest BCUT2D eigenvalue weighted by molar-refractivity contribution is -0.123. The average Bonchev–Trinajstić information content (AvgIpc) is 3.07. The lowest BCUT2D eigenvalue weighted by Gasteiger charge is -2.44. The number of thiocarbonyl (C=S) groups is 1. The van der Waals surface area contributed by atoms with E-state index in [2.05, 4.69) is 4.98 Å². The summed E-state index contributed by atoms with van der Waals surface area (Å²) in [5, 5.41) is 9.48. The van der Waals surface area contributed by atoms with Gasteiger partial charge in [0.05, 0.1) is 23.1 Å². The summed E-state index contributed by atoms with van der Waals surface area (Å²) in [5.74, 6) is -1.53. The van der Waals surface area contributed by atoms with E-state index in [1.54, 1.807) is 24.0 Å². The van der Waals surface area contributed by atoms with Crippen LogP contribution in [0, 0.1) is 30.0 Å². The number of nitrogens with two attached hydrogens (primary N) is 1. The maximum atomic E-state index is 15.8. The number of benzene rings is 1. The van der Waals surface area contributed by atoms with E-state index in [-0.39, 0.29) is 28.2 Å². The Morgan fingerprint density at radius 2 is 2.08 bits per heavy atom. The molecule has 8 nitrogen and oxygen atoms in total. The van der Waals surface area contributed by atoms with Crippen LogP contribution < -0.4 is 15.5 Å². The Morgan fingerprint density at radius 3 is 2.67 bits per heavy atom. The first kappa shape index (κ1) is 24.3. The fraction of sp³-hybridized carbons (Fsp3) is 0.423. The van der Waals surface area contributed by atoms with Crippen molar-refractivity contribution in [2.45, 2.75) is 51.0 Å². The molecule has 2 N–H and O–H groups in total. The molecule has 36 heavy (non-hydrogen) atoms. The predicted octanol–water partition coefficient (Wildman–Crippen LogP) is 3.53. The largest absolute Gasteiger partial charge is 0.381 e. The summed E-state index contributed by atoms with van der Waals surface area (Å²) < 4.78 is 21.3. The van der Waals surface area contributed by atoms with Gasteiger partial charge >= 0.3 is 0 Å². The number of hydrogen-bond acceptors (Lipinski definition) is 6. The van der Waals surface area contributed by atoms with Gasteiger partial charge in [0.15, 0.2) is 5.11 Å². The molecule has 1 aliphatic carbocycles. The van der Waals surface area contributed by atoms with Crippen molar-refractivity contribution < 1.29 is 18.7 Å². The number of anilines is 2. The number of aryl methyl sites for hydroxylation is 1. The number of carbonyl (C=O) groups excluding carboxylic acids is 2. The molecule has 3 fully saturated rings. The van der Waals surface area contributed by atoms with Crippen molar-refractivity contribution in [2.75, 3.05) is 23.0 Å². The van der Waals surface area contributed by atoms with Gasteiger partial charge in [-0.25, -0.2) is 9.37 Å². The summed E-state index contributed by atoms with van der Waals surface area (Å²) in [7, 11) is 0. The summed E-state index contributed by atoms with van der Waals surface area (Å²) in [6.07, 6.45) is 5.37. The van der Waals surface area contributed by atoms with Crippen LogP contribution >= 0.6 is 12.2 Å². The molecule has 5 rings (SSSR count). The second-order valence-electron chi connectivity index (χ2n) is 9.66. The minimum absolute atomic E-state index is 0.167. The molecule has 0 unspecified atom stereocenters. The molecular weight excluding hydrogens is 481 g/mol. The van der Waals surface area contributed by atoms with E-state index in [1.807, 2.05) is 6.07 Å². The first-order valence-corrected chi connectivity index (χ1v) is 12.4. The van der Waals surface area contributed by atoms with Crippen LogP contribution in [0.1, 0.15) is 59.3 Å². The van der Waals surface area contributed by atoms with E-state index in [9.17, 15) is 14.9 Å². The fourth-order valence-electron chi connectivity index (χ4n) is 5.43. The molecule has 2 saturated heterocycles. The van der Waals surface area contributed by atoms with E-state index in [0.29, 0.717) is 55.0 Å². The molecule has 1 aromatic heterocycles. The SMILES string of the molecule is Cc1cc(N2C(=O)C3(CCC3)N(c3ccc(C(N)=O)c(F)c3CC3CCOCC3)C2=S)cnc1C#N. The van der Waals surface area contributed by atoms with Crippen LogP contribution in [0.25, 0.3) is 0 Å². The number of amides is 2. The molecule has 2 amide bonds. The van der Waals surface area contributed by atoms with Crippen LogP contribution in [0.5, 0.6) is 0 Å². The Kier molecular flexibility index (Phi) is 6.22. The number of ether oxygens (including phenoxy) is 1. The Morgan fingerprint density at radius 1 is 1.36 bits per heavy atom. The van der Waals surface area contributed by atoms with Crippen molar-refractivity contribution in [1.82, 2.24) is 4.98 Å². The molecule has 2 aromatic rings. The predicted molar refractivity (Wildman–Crippen MR) is 135 cm³/mol. The van der Waals surface area contributed by atoms with Gasteiger partial charge in [0.1, 0.15) is 23.1 Å². The maximum absolute atomic E-state index is 15.8. The number of rotatable bonds is 5. The monoisotopic (exact) mass is 507 g/mol. The van der Waals surface area contributed by atoms with Gasteiger partial charge in [-0.2, -0.15) is 5.26 Å². The lowest BCUT2D eigenvalue weighted by atomic mass is 9.75. The van der Waals surface area contributed by atoms with Crippen molar-refractivity contribution in [3.8, 4) is 6.07 Å². The van der Waals surface area contributed by atoms with Gasteiger partial charge in [-0.05, 0) is 87.3 Å². The Balaban J connectivity index is 1.62. The van der Waals surface area contributed by atoms with Gasteiger partial charge in [0.2, 0.25) is 0 Å². The second kappa shape index (κ2) is 9.22. The van der Waals surface area contributed by atoms with E-state index >= 15 is 4.39 Å². The van der Waals surface area contributed by atoms with Gasteiger partial charge in [0, 0.05) is 18.8 Å². The molecule has 1 saturated carbocycles. The van der Waals surface area contributed by atoms with Crippen LogP contribution in [-0.2, 0) is 16.0 Å². The molecule has 0 atom stereocenters. The first-order valence-electron chi connectivity index (χ1n) is 12.0. The minimum Gasteiger partial charge on any atom is -0.381 e. The third-order valence-corrected chi connectivity index (χ3v) is 7.94. The first-order chi connectivity index (χ1) is 17.3. The van der Waals surface area contributed by atoms with Crippen LogP contribution in [0.4, 0.5) is 15.8 Å². The number of nitriles is 1. The highest BCUT2D eigenvalue weighted by Gasteiger charge is 2.60. The molecule has 0 radical (unpaired) electrons. The van der Waals surface area contributed by atoms with Gasteiger partial charge in [0.25, 0.3) is 11.8 Å². The third kappa shape index (κ3) is 3.74. The third-order valence-electron chi connectivity index (χ3n) is 7.58. The lowest BCUT2D eigenvalue weighted by Crippen LogP contribution is -2.55. The number of carbonyl (C=O) groups is 2. The number of primary amides is 1. The number of nitrogens with zero attached hydrogens (tertiary/aromatic N) is 4. The van der Waals surface area contributed by atoms with Crippen LogP contribution in [0.3, 0.4) is 0 Å². The molecule has 1 spiro atoms. The summed E-state index contributed by atoms with van der Waals surface area (Å²) in [6, 6.07) is 6.77. The van der Waals surface area contributed by atoms with Crippen LogP contribution in [0.2, 0.25) is 0 Å². The van der Waals surface area contributed by atoms with Crippen LogP contribution in [-0.4, -0.2) is 40.7 Å². The molecule has 10 heteroatoms. The number of pyridine rings is 1. The molecule has 3 heterocycles. The Labute approximate surface area is 213 Å². The minimum atomic E-state index is -0.927. The van der Waals surface area contributed by atoms with Crippen molar-refractivity contribution in [2.24, 2.45) is 11.7 Å². The molecule has 3 aliphatic rings. The molecule has 0 bridgehead atoms. The van der Waals surface area contributed by atoms with Crippen molar-refractivity contribution in [3.05, 3.63) is 52.6 Å². The smallest absolute Gasteiger partial charge is 0.259 e. The van der Waals surface area contributed by atoms with E-state index in [4.69, 9.17) is 22.7 Å². The molecular formula is C26H26FN5O3S. The van der Waals surface area contributed by atoms with E-state index < -0.39 is 17.3 Å². The van der Waals surface area contributed by atoms with Gasteiger partial charge < -0.3 is 15.4 Å². The molecule has 2 aliphatic heterocycles. The zero-order valence-electron chi connectivity index (χ0n) is 19.9. The Bertz CT molecular complexity index is 1310. The number of hydrogen-bond donors (Lipinski definition) is 1. The Hall–Kier alpha value is -3.42. The number of halogens is 1. The maximum Gasteiger partial charge on any atom is 0.259 e. The topological polar surface area (TPSA) is 113 Å². The van der Waals surface area contributed by atoms with Crippen molar-refractivity contribution in [1.29, 1.82) is 5.26 Å². The second-order valence-corrected chi connectivity index (χ2v) is 10.0. The van der Waals surface area contributed by atoms with E-state index in [0.717, 1.165) is 19.3 Å². The van der Waals surface area contributed by atoms with Crippen molar-refractivity contribution >= 4 is 40.5 Å². The fourth-order valence-corrected chi connectivity index (χ4v) is 5.89. The summed E-state index contributed by atoms with van der Waals surface area (Å²) in [5.41, 5.74) is 6.56. The normalized spacial score (nSPS) is 19.5. The van der Waals surface area contributed by atoms with Gasteiger partial charge in [-0.15, -0.1) is 0 Å². The highest BCUT2D eigenvalue weighted by Crippen LogP contribution is 2.49. The zero-order valence-corrected chi connectivity index (χ0v) is 20.7. The van der Waals surface area contributed by atoms with Gasteiger partial charge in [-0.3, -0.25) is 14.5 Å². The van der Waals surface area contributed by atoms with Crippen molar-refractivity contribution in [3.63, 3.8) is 0 Å². The zero-order chi connectivity index (χ0) is 25.6. The highest BCUT2D eigenvalue weighted by atomic mass is 32.1. The average molecular weight is 508 g/mol. The van der Waals surface area contributed by atoms with Crippen LogP contribution in [0.15, 0.2) is 24.4 Å². The highest BCUT2D eigenvalue weighted by molar-refractivity contribution is 7.81. The molecule has 186 valence electrons. The van der Waals surface area contributed by atoms with Gasteiger partial charge in [-0.1, -0.05) is 0 Å². The number of aromatic nitrogens is 1. The summed E-state index contributed by atoms with van der Waals surface area (Å²) >= 11 is 5.85. The van der Waals surface area contributed by atoms with E-state index in [1.165, 1.54) is 17.2 Å². The summed E-state index contributed by atoms with van der Waals surface area (Å²) in [6.45, 7) is 2.94. The standard InChI is InChI=1S/C26H26FN5O3S/c1-15-11-17(14-30-20(15)13-28)31-24(34)26(7-2-8-26)32(25(31)36)21-4-3-18(23(29)33)22(27)19(21)12-16-5-9-35-10-6-16/h3-4,11,14,16H,2,5-10,12H2,1H3,(H2,29,33). The summed E-state index contributed by atoms with van der Waals surface area (Å²) in [4.78, 5) is 33.2.